The molecule has 1 saturated carbocycles. The number of nitrogens with one attached hydrogen (secondary N) is 1. The van der Waals surface area contributed by atoms with Crippen LogP contribution in [0.15, 0.2) is 12.1 Å². The molecule has 0 radical (unpaired) electrons. The summed E-state index contributed by atoms with van der Waals surface area (Å²) in [6, 6.07) is 3.36. The van der Waals surface area contributed by atoms with Crippen LogP contribution in [0.25, 0.3) is 0 Å². The highest BCUT2D eigenvalue weighted by atomic mass is 35.5. The highest BCUT2D eigenvalue weighted by molar-refractivity contribution is 6.29. The molecule has 0 saturated heterocycles. The highest BCUT2D eigenvalue weighted by Gasteiger charge is 2.31. The molecule has 100 valence electrons. The third kappa shape index (κ3) is 3.27. The lowest BCUT2D eigenvalue weighted by molar-refractivity contribution is 0.00496. The third-order valence-corrected chi connectivity index (χ3v) is 3.89. The summed E-state index contributed by atoms with van der Waals surface area (Å²) in [5.74, 6) is 1.26. The molecule has 1 heterocycles. The van der Waals surface area contributed by atoms with Gasteiger partial charge in [0.05, 0.1) is 11.3 Å². The minimum Gasteiger partial charge on any atom is -0.396 e. The Kier molecular flexibility index (Phi) is 3.97. The van der Waals surface area contributed by atoms with Crippen LogP contribution in [-0.4, -0.2) is 22.2 Å². The number of hydrogen-bond donors (Lipinski definition) is 3. The van der Waals surface area contributed by atoms with Crippen molar-refractivity contribution in [1.82, 2.24) is 4.98 Å². The van der Waals surface area contributed by atoms with Crippen LogP contribution >= 0.6 is 11.6 Å². The smallest absolute Gasteiger partial charge is 0.151 e. The van der Waals surface area contributed by atoms with Crippen LogP contribution in [0.1, 0.15) is 32.6 Å². The largest absolute Gasteiger partial charge is 0.396 e. The quantitative estimate of drug-likeness (QED) is 0.738. The van der Waals surface area contributed by atoms with Gasteiger partial charge in [0.2, 0.25) is 0 Å². The summed E-state index contributed by atoms with van der Waals surface area (Å²) in [4.78, 5) is 4.12. The normalized spacial score (nSPS) is 28.1. The van der Waals surface area contributed by atoms with Crippen molar-refractivity contribution in [2.75, 3.05) is 17.6 Å². The molecule has 1 aliphatic rings. The summed E-state index contributed by atoms with van der Waals surface area (Å²) in [6.07, 6.45) is 3.77. The maximum Gasteiger partial charge on any atom is 0.151 e. The van der Waals surface area contributed by atoms with E-state index in [1.807, 2.05) is 0 Å². The highest BCUT2D eigenvalue weighted by Crippen LogP contribution is 2.32. The van der Waals surface area contributed by atoms with Crippen molar-refractivity contribution in [1.29, 1.82) is 0 Å². The maximum atomic E-state index is 10.4. The van der Waals surface area contributed by atoms with Crippen LogP contribution in [0.4, 0.5) is 11.5 Å². The summed E-state index contributed by atoms with van der Waals surface area (Å²) < 4.78 is 0. The Morgan fingerprint density at radius 2 is 2.17 bits per heavy atom. The average Bonchev–Trinajstić information content (AvgIpc) is 2.35. The van der Waals surface area contributed by atoms with Gasteiger partial charge in [0.15, 0.2) is 5.82 Å². The summed E-state index contributed by atoms with van der Waals surface area (Å²) in [5, 5.41) is 14.0. The predicted molar refractivity (Wildman–Crippen MR) is 74.7 cm³/mol. The van der Waals surface area contributed by atoms with E-state index in [1.165, 1.54) is 0 Å². The van der Waals surface area contributed by atoms with E-state index in [-0.39, 0.29) is 0 Å². The molecule has 2 rings (SSSR count). The van der Waals surface area contributed by atoms with E-state index in [0.717, 1.165) is 25.7 Å². The number of halogens is 1. The first-order valence-corrected chi connectivity index (χ1v) is 6.75. The van der Waals surface area contributed by atoms with E-state index in [9.17, 15) is 5.11 Å². The first kappa shape index (κ1) is 13.4. The summed E-state index contributed by atoms with van der Waals surface area (Å²) in [7, 11) is 0. The lowest BCUT2D eigenvalue weighted by atomic mass is 9.79. The molecule has 5 heteroatoms. The first-order chi connectivity index (χ1) is 8.48. The van der Waals surface area contributed by atoms with E-state index < -0.39 is 5.60 Å². The minimum absolute atomic E-state index is 0.399. The number of pyridine rings is 1. The Balaban J connectivity index is 1.96. The van der Waals surface area contributed by atoms with E-state index in [2.05, 4.69) is 17.2 Å². The zero-order valence-electron chi connectivity index (χ0n) is 10.6. The third-order valence-electron chi connectivity index (χ3n) is 3.68. The van der Waals surface area contributed by atoms with Gasteiger partial charge in [-0.2, -0.15) is 0 Å². The zero-order valence-corrected chi connectivity index (χ0v) is 11.4. The fraction of sp³-hybridized carbons (Fsp3) is 0.615. The SMILES string of the molecule is CC1CCC(O)(CNc2nc(Cl)ccc2N)CC1. The molecule has 4 nitrogen and oxygen atoms in total. The maximum absolute atomic E-state index is 10.4. The number of hydrogen-bond acceptors (Lipinski definition) is 4. The molecule has 4 N–H and O–H groups in total. The Morgan fingerprint density at radius 3 is 2.83 bits per heavy atom. The second-order valence-corrected chi connectivity index (χ2v) is 5.72. The van der Waals surface area contributed by atoms with Gasteiger partial charge >= 0.3 is 0 Å². The Bertz CT molecular complexity index is 417. The molecule has 0 aliphatic heterocycles. The van der Waals surface area contributed by atoms with Crippen molar-refractivity contribution in [3.05, 3.63) is 17.3 Å². The van der Waals surface area contributed by atoms with Gasteiger partial charge in [-0.3, -0.25) is 0 Å². The van der Waals surface area contributed by atoms with Gasteiger partial charge in [-0.1, -0.05) is 18.5 Å². The van der Waals surface area contributed by atoms with Crippen LogP contribution < -0.4 is 11.1 Å². The zero-order chi connectivity index (χ0) is 13.2. The van der Waals surface area contributed by atoms with Crippen LogP contribution in [0.2, 0.25) is 5.15 Å². The summed E-state index contributed by atoms with van der Waals surface area (Å²) >= 11 is 5.82. The topological polar surface area (TPSA) is 71.2 Å². The van der Waals surface area contributed by atoms with Crippen molar-refractivity contribution >= 4 is 23.1 Å². The van der Waals surface area contributed by atoms with Crippen molar-refractivity contribution < 1.29 is 5.11 Å². The fourth-order valence-corrected chi connectivity index (χ4v) is 2.46. The lowest BCUT2D eigenvalue weighted by Gasteiger charge is -2.35. The van der Waals surface area contributed by atoms with Gasteiger partial charge in [-0.15, -0.1) is 0 Å². The van der Waals surface area contributed by atoms with Crippen molar-refractivity contribution in [3.63, 3.8) is 0 Å². The number of aromatic nitrogens is 1. The second kappa shape index (κ2) is 5.33. The van der Waals surface area contributed by atoms with Gasteiger partial charge < -0.3 is 16.2 Å². The number of nitrogens with two attached hydrogens (primary N) is 1. The molecule has 1 aliphatic carbocycles. The van der Waals surface area contributed by atoms with E-state index in [4.69, 9.17) is 17.3 Å². The summed E-state index contributed by atoms with van der Waals surface area (Å²) in [5.41, 5.74) is 5.70. The number of nitrogen functional groups attached to an aromatic ring is 1. The summed E-state index contributed by atoms with van der Waals surface area (Å²) in [6.45, 7) is 2.70. The lowest BCUT2D eigenvalue weighted by Crippen LogP contribution is -2.40. The molecule has 1 aromatic heterocycles. The number of nitrogens with zero attached hydrogens (tertiary/aromatic N) is 1. The first-order valence-electron chi connectivity index (χ1n) is 6.37. The molecule has 0 spiro atoms. The van der Waals surface area contributed by atoms with Gasteiger partial charge in [0, 0.05) is 6.54 Å². The molecule has 0 unspecified atom stereocenters. The minimum atomic E-state index is -0.650. The second-order valence-electron chi connectivity index (χ2n) is 5.33. The molecule has 0 aromatic carbocycles. The molecule has 1 aromatic rings. The van der Waals surface area contributed by atoms with Gasteiger partial charge in [0.1, 0.15) is 5.15 Å². The molecular weight excluding hydrogens is 250 g/mol. The molecular formula is C13H20ClN3O. The van der Waals surface area contributed by atoms with Crippen LogP contribution in [0, 0.1) is 5.92 Å². The van der Waals surface area contributed by atoms with Crippen molar-refractivity contribution in [3.8, 4) is 0 Å². The van der Waals surface area contributed by atoms with E-state index >= 15 is 0 Å². The van der Waals surface area contributed by atoms with Crippen molar-refractivity contribution in [2.24, 2.45) is 5.92 Å². The van der Waals surface area contributed by atoms with E-state index in [1.54, 1.807) is 12.1 Å². The molecule has 0 amide bonds. The van der Waals surface area contributed by atoms with Gasteiger partial charge in [-0.25, -0.2) is 4.98 Å². The standard InChI is InChI=1S/C13H20ClN3O/c1-9-4-6-13(18,7-5-9)8-16-12-10(15)2-3-11(14)17-12/h2-3,9,18H,4-8,15H2,1H3,(H,16,17). The van der Waals surface area contributed by atoms with Crippen LogP contribution in [0.3, 0.4) is 0 Å². The van der Waals surface area contributed by atoms with Crippen LogP contribution in [0.5, 0.6) is 0 Å². The number of aliphatic hydroxyl groups is 1. The molecule has 1 fully saturated rings. The molecule has 0 atom stereocenters. The van der Waals surface area contributed by atoms with Gasteiger partial charge in [0.25, 0.3) is 0 Å². The monoisotopic (exact) mass is 269 g/mol. The molecule has 0 bridgehead atoms. The predicted octanol–water partition coefficient (Wildman–Crippen LogP) is 2.67. The number of anilines is 2. The fourth-order valence-electron chi connectivity index (χ4n) is 2.31. The number of rotatable bonds is 3. The Labute approximate surface area is 113 Å². The molecule has 18 heavy (non-hydrogen) atoms. The Hall–Kier alpha value is -1.00. The van der Waals surface area contributed by atoms with E-state index in [0.29, 0.717) is 29.1 Å². The average molecular weight is 270 g/mol. The Morgan fingerprint density at radius 1 is 1.50 bits per heavy atom. The van der Waals surface area contributed by atoms with Crippen molar-refractivity contribution in [2.45, 2.75) is 38.2 Å². The van der Waals surface area contributed by atoms with Gasteiger partial charge in [-0.05, 0) is 43.7 Å². The van der Waals surface area contributed by atoms with Crippen LogP contribution in [-0.2, 0) is 0 Å².